The Balaban J connectivity index is 3.02. The van der Waals surface area contributed by atoms with Gasteiger partial charge < -0.3 is 0 Å². The predicted molar refractivity (Wildman–Crippen MR) is 33.1 cm³/mol. The lowest BCUT2D eigenvalue weighted by Crippen LogP contribution is -2.37. The van der Waals surface area contributed by atoms with Gasteiger partial charge in [-0.05, 0) is 6.92 Å². The van der Waals surface area contributed by atoms with E-state index < -0.39 is 17.8 Å². The first-order valence-corrected chi connectivity index (χ1v) is 2.92. The molecule has 3 nitrogen and oxygen atoms in total. The first-order chi connectivity index (χ1) is 5.41. The average molecular weight is 176 g/mol. The van der Waals surface area contributed by atoms with Crippen molar-refractivity contribution in [2.75, 3.05) is 0 Å². The average Bonchev–Trinajstić information content (AvgIpc) is 1.92. The largest absolute Gasteiger partial charge is 0.438 e. The molecule has 1 amide bonds. The molecular formula is C6H3F3N2O. The van der Waals surface area contributed by atoms with Crippen molar-refractivity contribution in [1.82, 2.24) is 5.32 Å². The van der Waals surface area contributed by atoms with Crippen LogP contribution < -0.4 is 5.32 Å². The van der Waals surface area contributed by atoms with Crippen LogP contribution in [0, 0.1) is 6.20 Å². The number of rotatable bonds is 0. The van der Waals surface area contributed by atoms with E-state index in [4.69, 9.17) is 0 Å². The number of amides is 1. The number of halogens is 3. The molecule has 6 heteroatoms. The van der Waals surface area contributed by atoms with Crippen molar-refractivity contribution in [2.24, 2.45) is 4.99 Å². The smallest absolute Gasteiger partial charge is 0.265 e. The molecule has 0 unspecified atom stereocenters. The molecule has 12 heavy (non-hydrogen) atoms. The summed E-state index contributed by atoms with van der Waals surface area (Å²) in [5.41, 5.74) is -1.54. The van der Waals surface area contributed by atoms with Crippen LogP contribution in [0.2, 0.25) is 0 Å². The van der Waals surface area contributed by atoms with Crippen LogP contribution in [0.4, 0.5) is 13.2 Å². The van der Waals surface area contributed by atoms with E-state index in [1.165, 1.54) is 6.92 Å². The Bertz CT molecular complexity index is 277. The highest BCUT2D eigenvalue weighted by Crippen LogP contribution is 2.20. The van der Waals surface area contributed by atoms with Gasteiger partial charge in [-0.2, -0.15) is 13.2 Å². The molecule has 0 aliphatic carbocycles. The van der Waals surface area contributed by atoms with Gasteiger partial charge in [-0.25, -0.2) is 10.3 Å². The molecule has 0 aromatic rings. The molecule has 0 aromatic heterocycles. The second kappa shape index (κ2) is 2.62. The number of hydrogen-bond acceptors (Lipinski definition) is 2. The molecule has 1 rings (SSSR count). The summed E-state index contributed by atoms with van der Waals surface area (Å²) in [5, 5.41) is 2.88. The number of hydrogen-bond donors (Lipinski definition) is 0. The second-order valence-corrected chi connectivity index (χ2v) is 2.07. The van der Waals surface area contributed by atoms with E-state index in [0.29, 0.717) is 0 Å². The maximum atomic E-state index is 11.9. The van der Waals surface area contributed by atoms with Crippen molar-refractivity contribution < 1.29 is 18.0 Å². The van der Waals surface area contributed by atoms with Crippen LogP contribution in [0.5, 0.6) is 0 Å². The van der Waals surface area contributed by atoms with Gasteiger partial charge in [0.15, 0.2) is 0 Å². The number of allylic oxidation sites excluding steroid dienone is 1. The minimum Gasteiger partial charge on any atom is -0.265 e. The van der Waals surface area contributed by atoms with Crippen LogP contribution >= 0.6 is 0 Å². The topological polar surface area (TPSA) is 43.5 Å². The molecule has 0 spiro atoms. The molecule has 1 aliphatic rings. The molecule has 1 aliphatic heterocycles. The SMILES string of the molecule is CC1=[C][N]C(=O)C(C(F)(F)F)=N1. The summed E-state index contributed by atoms with van der Waals surface area (Å²) >= 11 is 0. The highest BCUT2D eigenvalue weighted by Gasteiger charge is 2.42. The summed E-state index contributed by atoms with van der Waals surface area (Å²) in [5.74, 6) is -1.40. The van der Waals surface area contributed by atoms with Gasteiger partial charge in [-0.15, -0.1) is 0 Å². The molecule has 2 radical (unpaired) electrons. The number of carbonyl (C=O) groups excluding carboxylic acids is 1. The third kappa shape index (κ3) is 1.63. The fourth-order valence-corrected chi connectivity index (χ4v) is 0.610. The van der Waals surface area contributed by atoms with Crippen LogP contribution in [0.1, 0.15) is 6.92 Å². The van der Waals surface area contributed by atoms with Crippen molar-refractivity contribution in [3.8, 4) is 0 Å². The van der Waals surface area contributed by atoms with Gasteiger partial charge in [0.1, 0.15) is 6.20 Å². The summed E-state index contributed by atoms with van der Waals surface area (Å²) in [4.78, 5) is 13.5. The molecule has 1 heterocycles. The van der Waals surface area contributed by atoms with Gasteiger partial charge in [0.25, 0.3) is 0 Å². The normalized spacial score (nSPS) is 18.2. The Morgan fingerprint density at radius 3 is 2.42 bits per heavy atom. The zero-order valence-corrected chi connectivity index (χ0v) is 5.94. The van der Waals surface area contributed by atoms with Gasteiger partial charge in [0.2, 0.25) is 5.71 Å². The van der Waals surface area contributed by atoms with Crippen LogP contribution in [0.15, 0.2) is 10.7 Å². The highest BCUT2D eigenvalue weighted by atomic mass is 19.4. The van der Waals surface area contributed by atoms with Crippen LogP contribution in [0.3, 0.4) is 0 Å². The lowest BCUT2D eigenvalue weighted by molar-refractivity contribution is -0.119. The van der Waals surface area contributed by atoms with Gasteiger partial charge in [-0.1, -0.05) is 0 Å². The number of carbonyl (C=O) groups is 1. The van der Waals surface area contributed by atoms with Gasteiger partial charge in [0.05, 0.1) is 5.70 Å². The summed E-state index contributed by atoms with van der Waals surface area (Å²) in [6.07, 6.45) is -2.69. The number of nitrogens with zero attached hydrogens (tertiary/aromatic N) is 2. The standard InChI is InChI=1S/C6H3F3N2O/c1-3-2-10-5(12)4(11-3)6(7,8)9/h1H3. The molecule has 0 bridgehead atoms. The zero-order valence-electron chi connectivity index (χ0n) is 5.94. The maximum Gasteiger partial charge on any atom is 0.438 e. The third-order valence-electron chi connectivity index (χ3n) is 1.07. The minimum absolute atomic E-state index is 0.0538. The number of alkyl halides is 3. The summed E-state index contributed by atoms with van der Waals surface area (Å²) in [6.45, 7) is 1.28. The fraction of sp³-hybridized carbons (Fsp3) is 0.333. The van der Waals surface area contributed by atoms with E-state index in [2.05, 4.69) is 10.3 Å². The molecule has 0 aromatic carbocycles. The summed E-state index contributed by atoms with van der Waals surface area (Å²) < 4.78 is 35.7. The van der Waals surface area contributed by atoms with Gasteiger partial charge in [-0.3, -0.25) is 4.79 Å². The molecule has 0 saturated heterocycles. The van der Waals surface area contributed by atoms with Crippen molar-refractivity contribution in [3.63, 3.8) is 0 Å². The highest BCUT2D eigenvalue weighted by molar-refractivity contribution is 6.41. The fourth-order valence-electron chi connectivity index (χ4n) is 0.610. The summed E-state index contributed by atoms with van der Waals surface area (Å²) in [6, 6.07) is 0. The van der Waals surface area contributed by atoms with Crippen molar-refractivity contribution in [1.29, 1.82) is 0 Å². The molecule has 0 atom stereocenters. The molecule has 0 fully saturated rings. The van der Waals surface area contributed by atoms with E-state index in [-0.39, 0.29) is 5.70 Å². The van der Waals surface area contributed by atoms with E-state index >= 15 is 0 Å². The number of aliphatic imine (C=N–C) groups is 1. The molecular weight excluding hydrogens is 173 g/mol. The van der Waals surface area contributed by atoms with Crippen LogP contribution in [-0.4, -0.2) is 17.8 Å². The Morgan fingerprint density at radius 2 is 2.00 bits per heavy atom. The quantitative estimate of drug-likeness (QED) is 0.538. The molecule has 64 valence electrons. The first kappa shape index (κ1) is 8.76. The Kier molecular flexibility index (Phi) is 1.91. The summed E-state index contributed by atoms with van der Waals surface area (Å²) in [7, 11) is 0. The van der Waals surface area contributed by atoms with Crippen molar-refractivity contribution in [3.05, 3.63) is 11.9 Å². The monoisotopic (exact) mass is 176 g/mol. The predicted octanol–water partition coefficient (Wildman–Crippen LogP) is 0.799. The van der Waals surface area contributed by atoms with Crippen molar-refractivity contribution >= 4 is 11.6 Å². The molecule has 0 N–H and O–H groups in total. The third-order valence-corrected chi connectivity index (χ3v) is 1.07. The van der Waals surface area contributed by atoms with E-state index in [9.17, 15) is 18.0 Å². The maximum absolute atomic E-state index is 11.9. The Morgan fingerprint density at radius 1 is 1.42 bits per heavy atom. The minimum atomic E-state index is -4.73. The zero-order chi connectivity index (χ0) is 9.35. The Labute approximate surface area is 66.0 Å². The lowest BCUT2D eigenvalue weighted by Gasteiger charge is -2.10. The van der Waals surface area contributed by atoms with Crippen LogP contribution in [-0.2, 0) is 4.79 Å². The second-order valence-electron chi connectivity index (χ2n) is 2.07. The van der Waals surface area contributed by atoms with E-state index in [1.54, 1.807) is 0 Å². The van der Waals surface area contributed by atoms with E-state index in [0.717, 1.165) is 0 Å². The lowest BCUT2D eigenvalue weighted by atomic mass is 10.3. The first-order valence-electron chi connectivity index (χ1n) is 2.92. The molecule has 0 saturated carbocycles. The van der Waals surface area contributed by atoms with Crippen LogP contribution in [0.25, 0.3) is 0 Å². The van der Waals surface area contributed by atoms with Gasteiger partial charge >= 0.3 is 12.1 Å². The van der Waals surface area contributed by atoms with E-state index in [1.807, 2.05) is 6.20 Å². The van der Waals surface area contributed by atoms with Gasteiger partial charge in [0, 0.05) is 0 Å². The van der Waals surface area contributed by atoms with Crippen molar-refractivity contribution in [2.45, 2.75) is 13.1 Å². The Hall–Kier alpha value is -1.33.